The maximum atomic E-state index is 12.5. The highest BCUT2D eigenvalue weighted by Gasteiger charge is 2.54. The van der Waals surface area contributed by atoms with E-state index in [1.54, 1.807) is 0 Å². The number of nitrogens with zero attached hydrogens (tertiary/aromatic N) is 1. The standard InChI is InChI=1S/C13H22N2O3/c1-3-18-9-8-15-11(16)13(14-12(15)17)7-5-4-6-10(13)2/h10H,3-9H2,1-2H3,(H,14,17). The molecular weight excluding hydrogens is 232 g/mol. The van der Waals surface area contributed by atoms with Crippen molar-refractivity contribution in [2.45, 2.75) is 45.1 Å². The Morgan fingerprint density at radius 2 is 2.22 bits per heavy atom. The van der Waals surface area contributed by atoms with Crippen molar-refractivity contribution in [2.24, 2.45) is 5.92 Å². The zero-order valence-corrected chi connectivity index (χ0v) is 11.2. The molecule has 0 aromatic carbocycles. The van der Waals surface area contributed by atoms with Crippen LogP contribution in [0.25, 0.3) is 0 Å². The molecule has 0 bridgehead atoms. The SMILES string of the molecule is CCOCCN1C(=O)NC2(CCCCC2C)C1=O. The Balaban J connectivity index is 2.07. The summed E-state index contributed by atoms with van der Waals surface area (Å²) in [5.74, 6) is 0.166. The number of urea groups is 1. The van der Waals surface area contributed by atoms with Gasteiger partial charge in [0.1, 0.15) is 5.54 Å². The van der Waals surface area contributed by atoms with Crippen LogP contribution in [-0.4, -0.2) is 42.1 Å². The number of ether oxygens (including phenoxy) is 1. The summed E-state index contributed by atoms with van der Waals surface area (Å²) in [7, 11) is 0. The van der Waals surface area contributed by atoms with Crippen LogP contribution < -0.4 is 5.32 Å². The molecule has 1 aliphatic carbocycles. The van der Waals surface area contributed by atoms with Crippen molar-refractivity contribution in [3.63, 3.8) is 0 Å². The fraction of sp³-hybridized carbons (Fsp3) is 0.846. The van der Waals surface area contributed by atoms with E-state index in [2.05, 4.69) is 12.2 Å². The van der Waals surface area contributed by atoms with Crippen LogP contribution in [0.2, 0.25) is 0 Å². The number of imide groups is 1. The third-order valence-corrected chi connectivity index (χ3v) is 4.16. The molecule has 1 saturated heterocycles. The predicted octanol–water partition coefficient (Wildman–Crippen LogP) is 1.52. The topological polar surface area (TPSA) is 58.6 Å². The molecule has 0 aromatic rings. The first-order valence-electron chi connectivity index (χ1n) is 6.83. The van der Waals surface area contributed by atoms with Crippen LogP contribution in [0, 0.1) is 5.92 Å². The second-order valence-corrected chi connectivity index (χ2v) is 5.20. The van der Waals surface area contributed by atoms with E-state index >= 15 is 0 Å². The second kappa shape index (κ2) is 5.26. The quantitative estimate of drug-likeness (QED) is 0.611. The zero-order chi connectivity index (χ0) is 13.2. The first-order chi connectivity index (χ1) is 8.62. The molecule has 0 radical (unpaired) electrons. The molecule has 1 spiro atoms. The molecule has 2 rings (SSSR count). The average Bonchev–Trinajstić information content (AvgIpc) is 2.58. The van der Waals surface area contributed by atoms with Gasteiger partial charge in [-0.3, -0.25) is 9.69 Å². The molecule has 3 amide bonds. The van der Waals surface area contributed by atoms with Gasteiger partial charge in [0.25, 0.3) is 5.91 Å². The number of amides is 3. The van der Waals surface area contributed by atoms with Crippen LogP contribution in [0.1, 0.15) is 39.5 Å². The predicted molar refractivity (Wildman–Crippen MR) is 67.1 cm³/mol. The molecule has 1 saturated carbocycles. The Labute approximate surface area is 108 Å². The minimum Gasteiger partial charge on any atom is -0.380 e. The van der Waals surface area contributed by atoms with Gasteiger partial charge < -0.3 is 10.1 Å². The first kappa shape index (κ1) is 13.3. The number of carbonyl (C=O) groups excluding carboxylic acids is 2. The fourth-order valence-corrected chi connectivity index (χ4v) is 3.00. The molecule has 2 fully saturated rings. The summed E-state index contributed by atoms with van der Waals surface area (Å²) in [4.78, 5) is 25.7. The minimum atomic E-state index is -0.637. The lowest BCUT2D eigenvalue weighted by molar-refractivity contribution is -0.134. The summed E-state index contributed by atoms with van der Waals surface area (Å²) in [5, 5.41) is 2.93. The molecule has 102 valence electrons. The van der Waals surface area contributed by atoms with E-state index in [1.165, 1.54) is 4.90 Å². The molecule has 5 nitrogen and oxygen atoms in total. The van der Waals surface area contributed by atoms with E-state index < -0.39 is 5.54 Å². The Morgan fingerprint density at radius 3 is 2.89 bits per heavy atom. The number of carbonyl (C=O) groups is 2. The Hall–Kier alpha value is -1.10. The van der Waals surface area contributed by atoms with Crippen molar-refractivity contribution in [1.82, 2.24) is 10.2 Å². The van der Waals surface area contributed by atoms with Crippen LogP contribution >= 0.6 is 0 Å². The first-order valence-corrected chi connectivity index (χ1v) is 6.83. The third-order valence-electron chi connectivity index (χ3n) is 4.16. The van der Waals surface area contributed by atoms with Gasteiger partial charge in [-0.25, -0.2) is 4.79 Å². The molecule has 2 unspecified atom stereocenters. The number of hydrogen-bond donors (Lipinski definition) is 1. The molecule has 18 heavy (non-hydrogen) atoms. The molecular formula is C13H22N2O3. The van der Waals surface area contributed by atoms with Crippen molar-refractivity contribution in [3.05, 3.63) is 0 Å². The molecule has 5 heteroatoms. The van der Waals surface area contributed by atoms with Gasteiger partial charge in [0, 0.05) is 6.61 Å². The normalized spacial score (nSPS) is 32.1. The van der Waals surface area contributed by atoms with E-state index in [0.717, 1.165) is 25.7 Å². The lowest BCUT2D eigenvalue weighted by Gasteiger charge is -2.36. The summed E-state index contributed by atoms with van der Waals surface area (Å²) in [6, 6.07) is -0.256. The smallest absolute Gasteiger partial charge is 0.325 e. The summed E-state index contributed by atoms with van der Waals surface area (Å²) >= 11 is 0. The van der Waals surface area contributed by atoms with E-state index in [-0.39, 0.29) is 17.9 Å². The van der Waals surface area contributed by atoms with E-state index in [4.69, 9.17) is 4.74 Å². The van der Waals surface area contributed by atoms with Gasteiger partial charge in [0.2, 0.25) is 0 Å². The minimum absolute atomic E-state index is 0.0561. The van der Waals surface area contributed by atoms with Crippen LogP contribution in [0.3, 0.4) is 0 Å². The molecule has 2 atom stereocenters. The van der Waals surface area contributed by atoms with E-state index in [0.29, 0.717) is 19.8 Å². The molecule has 1 N–H and O–H groups in total. The van der Waals surface area contributed by atoms with Crippen LogP contribution in [0.4, 0.5) is 4.79 Å². The highest BCUT2D eigenvalue weighted by atomic mass is 16.5. The van der Waals surface area contributed by atoms with Crippen LogP contribution in [0.15, 0.2) is 0 Å². The summed E-state index contributed by atoms with van der Waals surface area (Å²) in [5.41, 5.74) is -0.637. The average molecular weight is 254 g/mol. The van der Waals surface area contributed by atoms with Crippen LogP contribution in [-0.2, 0) is 9.53 Å². The number of hydrogen-bond acceptors (Lipinski definition) is 3. The summed E-state index contributed by atoms with van der Waals surface area (Å²) in [6.45, 7) is 5.33. The van der Waals surface area contributed by atoms with Crippen molar-refractivity contribution < 1.29 is 14.3 Å². The Kier molecular flexibility index (Phi) is 3.90. The molecule has 0 aromatic heterocycles. The highest BCUT2D eigenvalue weighted by molar-refractivity contribution is 6.07. The number of nitrogens with one attached hydrogen (secondary N) is 1. The van der Waals surface area contributed by atoms with Crippen LogP contribution in [0.5, 0.6) is 0 Å². The highest BCUT2D eigenvalue weighted by Crippen LogP contribution is 2.37. The van der Waals surface area contributed by atoms with Crippen molar-refractivity contribution in [3.8, 4) is 0 Å². The number of rotatable bonds is 4. The van der Waals surface area contributed by atoms with Gasteiger partial charge in [-0.2, -0.15) is 0 Å². The van der Waals surface area contributed by atoms with E-state index in [9.17, 15) is 9.59 Å². The Morgan fingerprint density at radius 1 is 1.44 bits per heavy atom. The van der Waals surface area contributed by atoms with Gasteiger partial charge in [-0.05, 0) is 25.7 Å². The summed E-state index contributed by atoms with van der Waals surface area (Å²) < 4.78 is 5.22. The Bertz CT molecular complexity index is 345. The van der Waals surface area contributed by atoms with E-state index in [1.807, 2.05) is 6.92 Å². The lowest BCUT2D eigenvalue weighted by Crippen LogP contribution is -2.54. The van der Waals surface area contributed by atoms with Gasteiger partial charge in [-0.15, -0.1) is 0 Å². The van der Waals surface area contributed by atoms with Crippen molar-refractivity contribution >= 4 is 11.9 Å². The van der Waals surface area contributed by atoms with Gasteiger partial charge in [0.05, 0.1) is 13.2 Å². The lowest BCUT2D eigenvalue weighted by atomic mass is 9.73. The van der Waals surface area contributed by atoms with Gasteiger partial charge in [-0.1, -0.05) is 19.8 Å². The van der Waals surface area contributed by atoms with Crippen molar-refractivity contribution in [1.29, 1.82) is 0 Å². The monoisotopic (exact) mass is 254 g/mol. The molecule has 2 aliphatic rings. The fourth-order valence-electron chi connectivity index (χ4n) is 3.00. The second-order valence-electron chi connectivity index (χ2n) is 5.20. The zero-order valence-electron chi connectivity index (χ0n) is 11.2. The third kappa shape index (κ3) is 2.11. The van der Waals surface area contributed by atoms with Gasteiger partial charge in [0.15, 0.2) is 0 Å². The maximum absolute atomic E-state index is 12.5. The maximum Gasteiger partial charge on any atom is 0.325 e. The van der Waals surface area contributed by atoms with Gasteiger partial charge >= 0.3 is 6.03 Å². The molecule has 1 aliphatic heterocycles. The molecule has 1 heterocycles. The van der Waals surface area contributed by atoms with Crippen molar-refractivity contribution in [2.75, 3.05) is 19.8 Å². The largest absolute Gasteiger partial charge is 0.380 e. The summed E-state index contributed by atoms with van der Waals surface area (Å²) in [6.07, 6.45) is 3.93.